The van der Waals surface area contributed by atoms with Crippen molar-refractivity contribution in [2.24, 2.45) is 0 Å². The number of nitrogens with zero attached hydrogens (tertiary/aromatic N) is 3. The molecule has 29 heavy (non-hydrogen) atoms. The molecule has 0 N–H and O–H groups in total. The van der Waals surface area contributed by atoms with Crippen LogP contribution in [0.3, 0.4) is 0 Å². The van der Waals surface area contributed by atoms with Crippen molar-refractivity contribution in [3.63, 3.8) is 0 Å². The van der Waals surface area contributed by atoms with Crippen molar-refractivity contribution >= 4 is 17.5 Å². The topological polar surface area (TPSA) is 58.8 Å². The number of halogens is 1. The van der Waals surface area contributed by atoms with E-state index < -0.39 is 0 Å². The van der Waals surface area contributed by atoms with E-state index >= 15 is 0 Å². The normalized spacial score (nSPS) is 14.7. The second kappa shape index (κ2) is 9.11. The van der Waals surface area contributed by atoms with Crippen molar-refractivity contribution in [1.82, 2.24) is 14.8 Å². The Balaban J connectivity index is 1.29. The van der Waals surface area contributed by atoms with Crippen molar-refractivity contribution in [2.45, 2.75) is 13.2 Å². The van der Waals surface area contributed by atoms with Crippen molar-refractivity contribution in [3.8, 4) is 5.75 Å². The number of para-hydroxylation sites is 1. The molecule has 1 amide bonds. The molecule has 4 rings (SSSR count). The van der Waals surface area contributed by atoms with Crippen molar-refractivity contribution in [3.05, 3.63) is 83.0 Å². The number of benzene rings is 1. The van der Waals surface area contributed by atoms with Gasteiger partial charge in [0.05, 0.1) is 5.02 Å². The Kier molecular flexibility index (Phi) is 6.12. The van der Waals surface area contributed by atoms with E-state index in [2.05, 4.69) is 16.0 Å². The second-order valence-electron chi connectivity index (χ2n) is 6.91. The molecule has 1 aliphatic heterocycles. The quantitative estimate of drug-likeness (QED) is 0.616. The first-order valence-electron chi connectivity index (χ1n) is 9.55. The summed E-state index contributed by atoms with van der Waals surface area (Å²) in [4.78, 5) is 21.1. The molecule has 0 saturated carbocycles. The second-order valence-corrected chi connectivity index (χ2v) is 7.32. The van der Waals surface area contributed by atoms with Crippen LogP contribution in [0.5, 0.6) is 5.75 Å². The fourth-order valence-corrected chi connectivity index (χ4v) is 3.49. The smallest absolute Gasteiger partial charge is 0.289 e. The summed E-state index contributed by atoms with van der Waals surface area (Å²) in [6.07, 6.45) is 3.66. The third kappa shape index (κ3) is 4.96. The van der Waals surface area contributed by atoms with Gasteiger partial charge < -0.3 is 14.1 Å². The molecule has 3 aromatic rings. The van der Waals surface area contributed by atoms with Crippen LogP contribution in [-0.2, 0) is 13.2 Å². The van der Waals surface area contributed by atoms with Crippen LogP contribution >= 0.6 is 11.6 Å². The molecule has 0 aliphatic carbocycles. The minimum absolute atomic E-state index is 0.0879. The summed E-state index contributed by atoms with van der Waals surface area (Å²) in [7, 11) is 0. The molecule has 0 spiro atoms. The molecule has 2 aromatic heterocycles. The molecule has 3 heterocycles. The molecule has 1 aliphatic rings. The van der Waals surface area contributed by atoms with E-state index in [1.165, 1.54) is 5.56 Å². The van der Waals surface area contributed by atoms with E-state index in [0.717, 1.165) is 19.6 Å². The van der Waals surface area contributed by atoms with Gasteiger partial charge in [0.25, 0.3) is 5.91 Å². The summed E-state index contributed by atoms with van der Waals surface area (Å²) in [5.41, 5.74) is 1.18. The summed E-state index contributed by atoms with van der Waals surface area (Å²) >= 11 is 6.09. The molecule has 6 nitrogen and oxygen atoms in total. The lowest BCUT2D eigenvalue weighted by atomic mass is 10.2. The van der Waals surface area contributed by atoms with E-state index in [9.17, 15) is 4.79 Å². The molecule has 1 aromatic carbocycles. The molecular formula is C22H22ClN3O3. The highest BCUT2D eigenvalue weighted by molar-refractivity contribution is 6.32. The zero-order valence-electron chi connectivity index (χ0n) is 16.0. The highest BCUT2D eigenvalue weighted by atomic mass is 35.5. The summed E-state index contributed by atoms with van der Waals surface area (Å²) in [5, 5.41) is 0.541. The number of carbonyl (C=O) groups excluding carboxylic acids is 1. The maximum atomic E-state index is 12.7. The van der Waals surface area contributed by atoms with Gasteiger partial charge in [-0.05, 0) is 35.9 Å². The number of rotatable bonds is 6. The van der Waals surface area contributed by atoms with Crippen molar-refractivity contribution < 1.29 is 13.9 Å². The Hall–Kier alpha value is -2.83. The zero-order chi connectivity index (χ0) is 20.1. The molecule has 0 atom stereocenters. The summed E-state index contributed by atoms with van der Waals surface area (Å²) in [6, 6.07) is 14.7. The zero-order valence-corrected chi connectivity index (χ0v) is 16.7. The van der Waals surface area contributed by atoms with Crippen molar-refractivity contribution in [1.29, 1.82) is 0 Å². The van der Waals surface area contributed by atoms with Crippen LogP contribution in [-0.4, -0.2) is 46.9 Å². The SMILES string of the molecule is O=C(c1ccc(COc2ccccc2Cl)o1)N1CCN(Cc2cccnc2)CC1. The highest BCUT2D eigenvalue weighted by Crippen LogP contribution is 2.24. The third-order valence-corrected chi connectivity index (χ3v) is 5.18. The highest BCUT2D eigenvalue weighted by Gasteiger charge is 2.24. The first kappa shape index (κ1) is 19.5. The predicted octanol–water partition coefficient (Wildman–Crippen LogP) is 3.87. The fraction of sp³-hybridized carbons (Fsp3) is 0.273. The Morgan fingerprint density at radius 2 is 1.90 bits per heavy atom. The number of hydrogen-bond donors (Lipinski definition) is 0. The Morgan fingerprint density at radius 1 is 1.07 bits per heavy atom. The standard InChI is InChI=1S/C22H22ClN3O3/c23-19-5-1-2-6-20(19)28-16-18-7-8-21(29-18)22(27)26-12-10-25(11-13-26)15-17-4-3-9-24-14-17/h1-9,14H,10-13,15-16H2. The lowest BCUT2D eigenvalue weighted by Crippen LogP contribution is -2.48. The van der Waals surface area contributed by atoms with Crippen LogP contribution in [0.2, 0.25) is 5.02 Å². The first-order valence-corrected chi connectivity index (χ1v) is 9.93. The lowest BCUT2D eigenvalue weighted by molar-refractivity contribution is 0.0594. The molecule has 7 heteroatoms. The average Bonchev–Trinajstić information content (AvgIpc) is 3.23. The van der Waals surface area contributed by atoms with Gasteiger partial charge in [0.2, 0.25) is 0 Å². The Morgan fingerprint density at radius 3 is 2.66 bits per heavy atom. The maximum absolute atomic E-state index is 12.7. The first-order chi connectivity index (χ1) is 14.2. The van der Waals surface area contributed by atoms with Crippen LogP contribution in [0, 0.1) is 0 Å². The van der Waals surface area contributed by atoms with Gasteiger partial charge in [-0.3, -0.25) is 14.7 Å². The molecule has 150 valence electrons. The number of carbonyl (C=O) groups is 1. The van der Waals surface area contributed by atoms with Gasteiger partial charge in [-0.15, -0.1) is 0 Å². The summed E-state index contributed by atoms with van der Waals surface area (Å²) < 4.78 is 11.4. The number of pyridine rings is 1. The van der Waals surface area contributed by atoms with Crippen LogP contribution in [0.15, 0.2) is 65.3 Å². The van der Waals surface area contributed by atoms with Crippen LogP contribution in [0.1, 0.15) is 21.9 Å². The molecule has 0 bridgehead atoms. The van der Waals surface area contributed by atoms with E-state index in [1.54, 1.807) is 30.5 Å². The number of amides is 1. The monoisotopic (exact) mass is 411 g/mol. The van der Waals surface area contributed by atoms with Gasteiger partial charge in [0.1, 0.15) is 18.1 Å². The molecule has 0 unspecified atom stereocenters. The van der Waals surface area contributed by atoms with Crippen LogP contribution < -0.4 is 4.74 Å². The third-order valence-electron chi connectivity index (χ3n) is 4.87. The number of hydrogen-bond acceptors (Lipinski definition) is 5. The largest absolute Gasteiger partial charge is 0.484 e. The number of furan rings is 1. The van der Waals surface area contributed by atoms with Gasteiger partial charge in [-0.1, -0.05) is 29.8 Å². The van der Waals surface area contributed by atoms with Gasteiger partial charge >= 0.3 is 0 Å². The van der Waals surface area contributed by atoms with Gasteiger partial charge in [-0.2, -0.15) is 0 Å². The number of piperazine rings is 1. The van der Waals surface area contributed by atoms with E-state index in [0.29, 0.717) is 35.4 Å². The molecule has 1 saturated heterocycles. The minimum atomic E-state index is -0.0879. The number of aromatic nitrogens is 1. The van der Waals surface area contributed by atoms with Gasteiger partial charge in [0.15, 0.2) is 5.76 Å². The van der Waals surface area contributed by atoms with E-state index in [1.807, 2.05) is 29.3 Å². The molecule has 1 fully saturated rings. The van der Waals surface area contributed by atoms with Crippen LogP contribution in [0.4, 0.5) is 0 Å². The molecular weight excluding hydrogens is 390 g/mol. The lowest BCUT2D eigenvalue weighted by Gasteiger charge is -2.34. The summed E-state index contributed by atoms with van der Waals surface area (Å²) in [5.74, 6) is 1.42. The average molecular weight is 412 g/mol. The number of ether oxygens (including phenoxy) is 1. The predicted molar refractivity (Wildman–Crippen MR) is 110 cm³/mol. The van der Waals surface area contributed by atoms with Gasteiger partial charge in [-0.25, -0.2) is 0 Å². The van der Waals surface area contributed by atoms with E-state index in [-0.39, 0.29) is 12.5 Å². The maximum Gasteiger partial charge on any atom is 0.289 e. The van der Waals surface area contributed by atoms with E-state index in [4.69, 9.17) is 20.8 Å². The minimum Gasteiger partial charge on any atom is -0.484 e. The molecule has 0 radical (unpaired) electrons. The summed E-state index contributed by atoms with van der Waals surface area (Å²) in [6.45, 7) is 4.06. The Bertz CT molecular complexity index is 953. The van der Waals surface area contributed by atoms with Crippen molar-refractivity contribution in [2.75, 3.05) is 26.2 Å². The van der Waals surface area contributed by atoms with Gasteiger partial charge in [0, 0.05) is 45.1 Å². The fourth-order valence-electron chi connectivity index (χ4n) is 3.30. The Labute approximate surface area is 174 Å². The van der Waals surface area contributed by atoms with Crippen LogP contribution in [0.25, 0.3) is 0 Å².